The largest absolute Gasteiger partial charge is 0.419 e. The fourth-order valence-corrected chi connectivity index (χ4v) is 4.47. The van der Waals surface area contributed by atoms with Crippen molar-refractivity contribution < 1.29 is 18.3 Å². The molecule has 0 radical (unpaired) electrons. The molecule has 0 spiro atoms. The number of nitrogens with zero attached hydrogens (tertiary/aromatic N) is 4. The van der Waals surface area contributed by atoms with Crippen LogP contribution in [0.4, 0.5) is 30.5 Å². The SMILES string of the molecule is CC(C)c1nc2c(c(Nc3ccc(C4(O)CC4)cc3)n1)CCN(c1ncccc1C(F)(F)F)CC2. The van der Waals surface area contributed by atoms with E-state index in [1.54, 1.807) is 4.90 Å². The topological polar surface area (TPSA) is 74.2 Å². The lowest BCUT2D eigenvalue weighted by Gasteiger charge is -2.24. The second-order valence-corrected chi connectivity index (χ2v) is 9.60. The van der Waals surface area contributed by atoms with Crippen LogP contribution < -0.4 is 10.2 Å². The highest BCUT2D eigenvalue weighted by Gasteiger charge is 2.42. The molecule has 1 aliphatic heterocycles. The lowest BCUT2D eigenvalue weighted by molar-refractivity contribution is -0.137. The maximum Gasteiger partial charge on any atom is 0.419 e. The fraction of sp³-hybridized carbons (Fsp3) is 0.423. The zero-order chi connectivity index (χ0) is 24.8. The first-order valence-corrected chi connectivity index (χ1v) is 11.9. The summed E-state index contributed by atoms with van der Waals surface area (Å²) in [4.78, 5) is 15.3. The fourth-order valence-electron chi connectivity index (χ4n) is 4.47. The molecule has 0 amide bonds. The second kappa shape index (κ2) is 8.78. The highest BCUT2D eigenvalue weighted by molar-refractivity contribution is 5.62. The van der Waals surface area contributed by atoms with Crippen LogP contribution in [0, 0.1) is 0 Å². The number of nitrogens with one attached hydrogen (secondary N) is 1. The normalized spacial score (nSPS) is 17.2. The quantitative estimate of drug-likeness (QED) is 0.510. The Morgan fingerprint density at radius 2 is 1.74 bits per heavy atom. The van der Waals surface area contributed by atoms with Gasteiger partial charge in [0.1, 0.15) is 17.5 Å². The number of benzene rings is 1. The van der Waals surface area contributed by atoms with Gasteiger partial charge in [-0.25, -0.2) is 15.0 Å². The van der Waals surface area contributed by atoms with Crippen molar-refractivity contribution in [3.05, 3.63) is 70.8 Å². The van der Waals surface area contributed by atoms with Gasteiger partial charge in [-0.1, -0.05) is 26.0 Å². The molecule has 2 aliphatic rings. The summed E-state index contributed by atoms with van der Waals surface area (Å²) >= 11 is 0. The molecule has 6 nitrogen and oxygen atoms in total. The molecular weight excluding hydrogens is 455 g/mol. The van der Waals surface area contributed by atoms with Crippen LogP contribution in [0.5, 0.6) is 0 Å². The summed E-state index contributed by atoms with van der Waals surface area (Å²) in [6.45, 7) is 4.79. The molecule has 5 rings (SSSR count). The zero-order valence-corrected chi connectivity index (χ0v) is 19.7. The second-order valence-electron chi connectivity index (χ2n) is 9.60. The first-order chi connectivity index (χ1) is 16.6. The number of aliphatic hydroxyl groups is 1. The van der Waals surface area contributed by atoms with E-state index in [1.165, 1.54) is 12.3 Å². The molecule has 3 aromatic rings. The molecule has 0 unspecified atom stereocenters. The van der Waals surface area contributed by atoms with Gasteiger partial charge in [-0.3, -0.25) is 0 Å². The smallest absolute Gasteiger partial charge is 0.385 e. The minimum Gasteiger partial charge on any atom is -0.385 e. The highest BCUT2D eigenvalue weighted by Crippen LogP contribution is 2.45. The number of alkyl halides is 3. The van der Waals surface area contributed by atoms with E-state index in [0.29, 0.717) is 37.6 Å². The Kier molecular flexibility index (Phi) is 5.91. The molecule has 0 atom stereocenters. The number of halogens is 3. The van der Waals surface area contributed by atoms with E-state index >= 15 is 0 Å². The molecule has 1 fully saturated rings. The van der Waals surface area contributed by atoms with Crippen molar-refractivity contribution in [1.82, 2.24) is 15.0 Å². The summed E-state index contributed by atoms with van der Waals surface area (Å²) in [5, 5.41) is 13.7. The Morgan fingerprint density at radius 3 is 2.40 bits per heavy atom. The third-order valence-corrected chi connectivity index (χ3v) is 6.68. The number of anilines is 3. The van der Waals surface area contributed by atoms with Crippen molar-refractivity contribution in [2.75, 3.05) is 23.3 Å². The van der Waals surface area contributed by atoms with Crippen LogP contribution in [0.25, 0.3) is 0 Å². The monoisotopic (exact) mass is 483 g/mol. The number of hydrogen-bond acceptors (Lipinski definition) is 6. The maximum atomic E-state index is 13.6. The van der Waals surface area contributed by atoms with Crippen molar-refractivity contribution in [3.8, 4) is 0 Å². The Hall–Kier alpha value is -3.20. The molecule has 184 valence electrons. The average molecular weight is 484 g/mol. The lowest BCUT2D eigenvalue weighted by Crippen LogP contribution is -2.29. The predicted molar refractivity (Wildman–Crippen MR) is 128 cm³/mol. The van der Waals surface area contributed by atoms with Crippen LogP contribution in [0.1, 0.15) is 60.8 Å². The van der Waals surface area contributed by atoms with Crippen LogP contribution in [0.15, 0.2) is 42.6 Å². The van der Waals surface area contributed by atoms with Crippen LogP contribution in [-0.2, 0) is 24.6 Å². The zero-order valence-electron chi connectivity index (χ0n) is 19.7. The van der Waals surface area contributed by atoms with Gasteiger partial charge in [0.05, 0.1) is 16.9 Å². The molecule has 0 saturated heterocycles. The van der Waals surface area contributed by atoms with Gasteiger partial charge in [0.15, 0.2) is 0 Å². The van der Waals surface area contributed by atoms with Gasteiger partial charge >= 0.3 is 6.18 Å². The lowest BCUT2D eigenvalue weighted by atomic mass is 10.1. The van der Waals surface area contributed by atoms with E-state index < -0.39 is 17.3 Å². The Bertz CT molecular complexity index is 1220. The molecule has 2 N–H and O–H groups in total. The summed E-state index contributed by atoms with van der Waals surface area (Å²) in [5.41, 5.74) is 2.07. The highest BCUT2D eigenvalue weighted by atomic mass is 19.4. The number of rotatable bonds is 5. The van der Waals surface area contributed by atoms with Crippen molar-refractivity contribution in [3.63, 3.8) is 0 Å². The Morgan fingerprint density at radius 1 is 1.03 bits per heavy atom. The summed E-state index contributed by atoms with van der Waals surface area (Å²) in [5.74, 6) is 1.42. The van der Waals surface area contributed by atoms with Crippen molar-refractivity contribution in [1.29, 1.82) is 0 Å². The maximum absolute atomic E-state index is 13.6. The van der Waals surface area contributed by atoms with E-state index in [2.05, 4.69) is 10.3 Å². The third kappa shape index (κ3) is 4.82. The van der Waals surface area contributed by atoms with Crippen LogP contribution in [0.2, 0.25) is 0 Å². The van der Waals surface area contributed by atoms with Gasteiger partial charge in [0.2, 0.25) is 0 Å². The van der Waals surface area contributed by atoms with Gasteiger partial charge < -0.3 is 15.3 Å². The standard InChI is InChI=1S/C26H28F3N5O/c1-16(2)22-32-21-10-15-34(24-20(26(27,28)29)4-3-13-30-24)14-9-19(21)23(33-22)31-18-7-5-17(6-8-18)25(35)11-12-25/h3-8,13,16,35H,9-12,14-15H2,1-2H3,(H,31,32,33). The number of pyridine rings is 1. The van der Waals surface area contributed by atoms with Gasteiger partial charge in [-0.15, -0.1) is 0 Å². The van der Waals surface area contributed by atoms with E-state index in [9.17, 15) is 18.3 Å². The number of hydrogen-bond donors (Lipinski definition) is 2. The molecule has 3 heterocycles. The molecule has 1 aromatic carbocycles. The molecular formula is C26H28F3N5O. The van der Waals surface area contributed by atoms with Gasteiger partial charge in [0, 0.05) is 42.9 Å². The van der Waals surface area contributed by atoms with E-state index in [0.717, 1.165) is 41.4 Å². The molecule has 1 aliphatic carbocycles. The first-order valence-electron chi connectivity index (χ1n) is 11.9. The van der Waals surface area contributed by atoms with Gasteiger partial charge in [-0.05, 0) is 49.1 Å². The molecule has 35 heavy (non-hydrogen) atoms. The minimum absolute atomic E-state index is 0.0482. The van der Waals surface area contributed by atoms with Gasteiger partial charge in [0.25, 0.3) is 0 Å². The minimum atomic E-state index is -4.47. The molecule has 9 heteroatoms. The predicted octanol–water partition coefficient (Wildman–Crippen LogP) is 5.34. The van der Waals surface area contributed by atoms with E-state index in [1.807, 2.05) is 38.1 Å². The number of aromatic nitrogens is 3. The van der Waals surface area contributed by atoms with E-state index in [4.69, 9.17) is 9.97 Å². The number of fused-ring (bicyclic) bond motifs is 1. The van der Waals surface area contributed by atoms with Crippen molar-refractivity contribution in [2.45, 2.75) is 57.2 Å². The average Bonchev–Trinajstić information content (AvgIpc) is 3.61. The Labute approximate surface area is 202 Å². The van der Waals surface area contributed by atoms with Crippen LogP contribution in [-0.4, -0.2) is 33.1 Å². The summed E-state index contributed by atoms with van der Waals surface area (Å²) < 4.78 is 40.8. The Balaban J connectivity index is 1.44. The summed E-state index contributed by atoms with van der Waals surface area (Å²) in [7, 11) is 0. The van der Waals surface area contributed by atoms with Crippen LogP contribution in [0.3, 0.4) is 0 Å². The van der Waals surface area contributed by atoms with Crippen molar-refractivity contribution >= 4 is 17.3 Å². The van der Waals surface area contributed by atoms with E-state index in [-0.39, 0.29) is 11.7 Å². The first kappa shape index (κ1) is 23.5. The molecule has 2 aromatic heterocycles. The molecule has 0 bridgehead atoms. The summed E-state index contributed by atoms with van der Waals surface area (Å²) in [6.07, 6.45) is -0.540. The molecule has 1 saturated carbocycles. The van der Waals surface area contributed by atoms with Crippen molar-refractivity contribution in [2.24, 2.45) is 0 Å². The summed E-state index contributed by atoms with van der Waals surface area (Å²) in [6, 6.07) is 10.1. The third-order valence-electron chi connectivity index (χ3n) is 6.68. The van der Waals surface area contributed by atoms with Crippen LogP contribution >= 0.6 is 0 Å². The van der Waals surface area contributed by atoms with Gasteiger partial charge in [-0.2, -0.15) is 13.2 Å².